The molecule has 0 saturated heterocycles. The predicted molar refractivity (Wildman–Crippen MR) is 82.4 cm³/mol. The van der Waals surface area contributed by atoms with Gasteiger partial charge in [0.25, 0.3) is 0 Å². The third-order valence-corrected chi connectivity index (χ3v) is 2.22. The number of carbonyl (C=O) groups is 1. The van der Waals surface area contributed by atoms with E-state index in [4.69, 9.17) is 16.6 Å². The summed E-state index contributed by atoms with van der Waals surface area (Å²) in [5.74, 6) is -0.434. The van der Waals surface area contributed by atoms with E-state index in [1.165, 1.54) is 6.92 Å². The van der Waals surface area contributed by atoms with E-state index < -0.39 is 11.5 Å². The quantitative estimate of drug-likeness (QED) is 0.395. The summed E-state index contributed by atoms with van der Waals surface area (Å²) in [7, 11) is 0. The summed E-state index contributed by atoms with van der Waals surface area (Å²) in [5, 5.41) is 8.80. The Morgan fingerprint density at radius 3 is 2.21 bits per heavy atom. The number of halogens is 3. The highest BCUT2D eigenvalue weighted by molar-refractivity contribution is 5.85. The molecule has 0 amide bonds. The zero-order chi connectivity index (χ0) is 12.8. The fourth-order valence-corrected chi connectivity index (χ4v) is 1.04. The van der Waals surface area contributed by atoms with Crippen LogP contribution in [0, 0.1) is 0 Å². The summed E-state index contributed by atoms with van der Waals surface area (Å²) in [6, 6.07) is 0. The van der Waals surface area contributed by atoms with Crippen molar-refractivity contribution < 1.29 is 14.6 Å². The summed E-state index contributed by atoms with van der Waals surface area (Å²) < 4.78 is 0. The highest BCUT2D eigenvalue weighted by Gasteiger charge is 2.26. The molecule has 0 bridgehead atoms. The molecule has 0 radical (unpaired) electrons. The molecule has 19 heavy (non-hydrogen) atoms. The zero-order valence-electron chi connectivity index (χ0n) is 11.4. The fraction of sp³-hybridized carbons (Fsp3) is 0.636. The van der Waals surface area contributed by atoms with Crippen molar-refractivity contribution in [3.8, 4) is 0 Å². The molecule has 0 aliphatic rings. The first-order chi connectivity index (χ1) is 7.25. The van der Waals surface area contributed by atoms with Crippen molar-refractivity contribution in [2.45, 2.75) is 39.2 Å². The first kappa shape index (κ1) is 26.7. The van der Waals surface area contributed by atoms with Crippen LogP contribution in [0.4, 0.5) is 4.70 Å². The van der Waals surface area contributed by atoms with E-state index in [1.54, 1.807) is 6.92 Å². The van der Waals surface area contributed by atoms with Crippen molar-refractivity contribution in [3.63, 3.8) is 0 Å². The second-order valence-electron chi connectivity index (χ2n) is 4.27. The number of nitrogens with two attached hydrogens (primary N) is 2. The number of amidine groups is 1. The molecule has 0 unspecified atom stereocenters. The van der Waals surface area contributed by atoms with Crippen LogP contribution >= 0.6 is 24.8 Å². The molecule has 0 aromatic rings. The number of rotatable bonds is 6. The second kappa shape index (κ2) is 12.2. The third kappa shape index (κ3) is 13.4. The molecule has 0 aliphatic heterocycles. The maximum Gasteiger partial charge on any atom is 0.323 e. The van der Waals surface area contributed by atoms with Crippen molar-refractivity contribution in [2.24, 2.45) is 16.5 Å². The van der Waals surface area contributed by atoms with Gasteiger partial charge in [-0.3, -0.25) is 14.5 Å². The van der Waals surface area contributed by atoms with Gasteiger partial charge in [-0.05, 0) is 33.6 Å². The molecule has 0 saturated carbocycles. The van der Waals surface area contributed by atoms with Gasteiger partial charge >= 0.3 is 5.97 Å². The summed E-state index contributed by atoms with van der Waals surface area (Å²) in [5.41, 5.74) is 10.9. The minimum Gasteiger partial charge on any atom is -0.480 e. The Hall–Kier alpha value is -0.850. The minimum atomic E-state index is -1.16. The van der Waals surface area contributed by atoms with Gasteiger partial charge in [0.2, 0.25) is 0 Å². The first-order valence-corrected chi connectivity index (χ1v) is 5.20. The third-order valence-electron chi connectivity index (χ3n) is 2.22. The standard InChI is InChI=1S/C11H21N3O2.2ClH.FH/c1-8(7-14-9(2)12)5-4-6-11(3,13)10(15)16;;;/h5H,4,6-7,13H2,1-3H3,(H2,12,14)(H,15,16);3*1H/b8-5-;;;/t11-;;;/m1.../s1. The molecule has 0 fully saturated rings. The Morgan fingerprint density at radius 1 is 1.37 bits per heavy atom. The van der Waals surface area contributed by atoms with Crippen LogP contribution in [-0.4, -0.2) is 29.0 Å². The van der Waals surface area contributed by atoms with Crippen LogP contribution in [0.3, 0.4) is 0 Å². The Kier molecular flexibility index (Phi) is 17.1. The van der Waals surface area contributed by atoms with Gasteiger partial charge in [0.15, 0.2) is 0 Å². The summed E-state index contributed by atoms with van der Waals surface area (Å²) in [4.78, 5) is 14.8. The van der Waals surface area contributed by atoms with Crippen molar-refractivity contribution >= 4 is 36.6 Å². The number of aliphatic carboxylic acids is 1. The number of hydrogen-bond donors (Lipinski definition) is 3. The van der Waals surface area contributed by atoms with Gasteiger partial charge in [-0.15, -0.1) is 24.8 Å². The van der Waals surface area contributed by atoms with Gasteiger partial charge in [-0.25, -0.2) is 0 Å². The monoisotopic (exact) mass is 319 g/mol. The number of carboxylic acid groups (broad SMARTS) is 1. The molecule has 0 aliphatic carbocycles. The molecule has 0 rings (SSSR count). The normalized spacial score (nSPS) is 14.3. The molecule has 1 atom stereocenters. The van der Waals surface area contributed by atoms with Crippen LogP contribution in [0.2, 0.25) is 0 Å². The molecule has 0 aromatic carbocycles. The number of allylic oxidation sites excluding steroid dienone is 1. The molecule has 0 heterocycles. The van der Waals surface area contributed by atoms with Crippen LogP contribution in [-0.2, 0) is 4.79 Å². The molecule has 5 nitrogen and oxygen atoms in total. The molecule has 5 N–H and O–H groups in total. The van der Waals surface area contributed by atoms with E-state index in [1.807, 2.05) is 13.0 Å². The van der Waals surface area contributed by atoms with E-state index in [9.17, 15) is 4.79 Å². The largest absolute Gasteiger partial charge is 0.480 e. The smallest absolute Gasteiger partial charge is 0.323 e. The second-order valence-corrected chi connectivity index (χ2v) is 4.27. The Labute approximate surface area is 125 Å². The van der Waals surface area contributed by atoms with Crippen LogP contribution in [0.5, 0.6) is 0 Å². The van der Waals surface area contributed by atoms with Crippen LogP contribution < -0.4 is 11.5 Å². The maximum absolute atomic E-state index is 10.7. The van der Waals surface area contributed by atoms with Crippen molar-refractivity contribution in [1.29, 1.82) is 0 Å². The average Bonchev–Trinajstić information content (AvgIpc) is 2.14. The molecule has 0 spiro atoms. The molecule has 8 heteroatoms. The highest BCUT2D eigenvalue weighted by Crippen LogP contribution is 2.10. The topological polar surface area (TPSA) is 102 Å². The van der Waals surface area contributed by atoms with E-state index in [0.29, 0.717) is 25.2 Å². The number of aliphatic imine (C=N–C) groups is 1. The number of carboxylic acids is 1. The predicted octanol–water partition coefficient (Wildman–Crippen LogP) is 1.89. The van der Waals surface area contributed by atoms with Gasteiger partial charge in [0.1, 0.15) is 5.54 Å². The van der Waals surface area contributed by atoms with E-state index >= 15 is 0 Å². The lowest BCUT2D eigenvalue weighted by Gasteiger charge is -2.17. The molecule has 0 aromatic heterocycles. The van der Waals surface area contributed by atoms with Gasteiger partial charge in [0, 0.05) is 0 Å². The van der Waals surface area contributed by atoms with Gasteiger partial charge in [-0.1, -0.05) is 11.6 Å². The highest BCUT2D eigenvalue weighted by atomic mass is 35.5. The van der Waals surface area contributed by atoms with Gasteiger partial charge in [0.05, 0.1) is 12.4 Å². The lowest BCUT2D eigenvalue weighted by Crippen LogP contribution is -2.44. The van der Waals surface area contributed by atoms with Crippen LogP contribution in [0.15, 0.2) is 16.6 Å². The maximum atomic E-state index is 10.7. The van der Waals surface area contributed by atoms with Gasteiger partial charge < -0.3 is 16.6 Å². The van der Waals surface area contributed by atoms with E-state index in [2.05, 4.69) is 4.99 Å². The van der Waals surface area contributed by atoms with Crippen molar-refractivity contribution in [2.75, 3.05) is 6.54 Å². The summed E-state index contributed by atoms with van der Waals surface area (Å²) >= 11 is 0. The van der Waals surface area contributed by atoms with Crippen LogP contribution in [0.1, 0.15) is 33.6 Å². The SMILES string of the molecule is CC(N)=NC/C(C)=C\CC[C@@](C)(N)C(=O)O.Cl.Cl.F. The van der Waals surface area contributed by atoms with E-state index in [0.717, 1.165) is 5.57 Å². The zero-order valence-corrected chi connectivity index (χ0v) is 13.0. The van der Waals surface area contributed by atoms with Crippen LogP contribution in [0.25, 0.3) is 0 Å². The average molecular weight is 320 g/mol. The molecule has 116 valence electrons. The number of nitrogens with zero attached hydrogens (tertiary/aromatic N) is 1. The Balaban J connectivity index is -0.000000375. The fourth-order valence-electron chi connectivity index (χ4n) is 1.04. The molecular weight excluding hydrogens is 296 g/mol. The Morgan fingerprint density at radius 2 is 1.84 bits per heavy atom. The summed E-state index contributed by atoms with van der Waals surface area (Å²) in [6.45, 7) is 5.73. The Bertz CT molecular complexity index is 317. The van der Waals surface area contributed by atoms with Crippen molar-refractivity contribution in [1.82, 2.24) is 0 Å². The molecular formula is C11H24Cl2FN3O2. The van der Waals surface area contributed by atoms with Gasteiger partial charge in [-0.2, -0.15) is 0 Å². The van der Waals surface area contributed by atoms with E-state index in [-0.39, 0.29) is 29.5 Å². The van der Waals surface area contributed by atoms with Crippen molar-refractivity contribution in [3.05, 3.63) is 11.6 Å². The first-order valence-electron chi connectivity index (χ1n) is 5.20. The minimum absolute atomic E-state index is 0. The lowest BCUT2D eigenvalue weighted by atomic mass is 9.97. The number of hydrogen-bond acceptors (Lipinski definition) is 3. The lowest BCUT2D eigenvalue weighted by molar-refractivity contribution is -0.142. The summed E-state index contributed by atoms with van der Waals surface area (Å²) in [6.07, 6.45) is 2.98.